The number of aromatic nitrogens is 4. The SMILES string of the molecule is Cc1ccc(-n2nc(C)c(C#N)c2N)nn1. The summed E-state index contributed by atoms with van der Waals surface area (Å²) >= 11 is 0. The third-order valence-electron chi connectivity index (χ3n) is 2.21. The fourth-order valence-electron chi connectivity index (χ4n) is 1.36. The van der Waals surface area contributed by atoms with Gasteiger partial charge in [0, 0.05) is 0 Å². The van der Waals surface area contributed by atoms with Crippen LogP contribution in [-0.2, 0) is 0 Å². The number of nitrogens with two attached hydrogens (primary N) is 1. The summed E-state index contributed by atoms with van der Waals surface area (Å²) < 4.78 is 1.42. The highest BCUT2D eigenvalue weighted by atomic mass is 15.4. The van der Waals surface area contributed by atoms with Gasteiger partial charge >= 0.3 is 0 Å². The maximum absolute atomic E-state index is 8.88. The number of nitrogen functional groups attached to an aromatic ring is 1. The fourth-order valence-corrected chi connectivity index (χ4v) is 1.36. The Labute approximate surface area is 92.3 Å². The Kier molecular flexibility index (Phi) is 2.29. The van der Waals surface area contributed by atoms with Gasteiger partial charge in [0.2, 0.25) is 0 Å². The number of hydrogen-bond donors (Lipinski definition) is 1. The van der Waals surface area contributed by atoms with E-state index >= 15 is 0 Å². The maximum Gasteiger partial charge on any atom is 0.178 e. The standard InChI is InChI=1S/C10H10N6/c1-6-3-4-9(14-13-6)16-10(12)8(5-11)7(2)15-16/h3-4H,12H2,1-2H3. The van der Waals surface area contributed by atoms with E-state index in [1.165, 1.54) is 4.68 Å². The second kappa shape index (κ2) is 3.62. The number of anilines is 1. The maximum atomic E-state index is 8.88. The molecule has 6 heteroatoms. The van der Waals surface area contributed by atoms with Crippen LogP contribution in [-0.4, -0.2) is 20.0 Å². The summed E-state index contributed by atoms with van der Waals surface area (Å²) in [5.41, 5.74) is 7.57. The molecule has 0 bridgehead atoms. The van der Waals surface area contributed by atoms with Gasteiger partial charge in [0.05, 0.1) is 11.4 Å². The molecule has 2 rings (SSSR count). The van der Waals surface area contributed by atoms with E-state index in [0.717, 1.165) is 5.69 Å². The Morgan fingerprint density at radius 3 is 2.56 bits per heavy atom. The summed E-state index contributed by atoms with van der Waals surface area (Å²) in [5.74, 6) is 0.797. The first-order valence-electron chi connectivity index (χ1n) is 4.69. The summed E-state index contributed by atoms with van der Waals surface area (Å²) in [6, 6.07) is 5.58. The molecule has 0 aliphatic rings. The molecule has 0 saturated heterocycles. The monoisotopic (exact) mass is 214 g/mol. The molecule has 0 atom stereocenters. The lowest BCUT2D eigenvalue weighted by molar-refractivity contribution is 0.804. The van der Waals surface area contributed by atoms with Crippen molar-refractivity contribution in [3.63, 3.8) is 0 Å². The number of nitrogens with zero attached hydrogens (tertiary/aromatic N) is 5. The van der Waals surface area contributed by atoms with Gasteiger partial charge in [-0.3, -0.25) is 0 Å². The topological polar surface area (TPSA) is 93.4 Å². The summed E-state index contributed by atoms with van der Waals surface area (Å²) in [7, 11) is 0. The Hall–Kier alpha value is -2.42. The molecule has 2 aromatic heterocycles. The second-order valence-electron chi connectivity index (χ2n) is 3.40. The molecule has 0 fully saturated rings. The Bertz CT molecular complexity index is 560. The van der Waals surface area contributed by atoms with Crippen molar-refractivity contribution in [3.05, 3.63) is 29.1 Å². The number of rotatable bonds is 1. The average Bonchev–Trinajstić information content (AvgIpc) is 2.55. The van der Waals surface area contributed by atoms with Gasteiger partial charge < -0.3 is 5.73 Å². The van der Waals surface area contributed by atoms with Crippen LogP contribution in [0.15, 0.2) is 12.1 Å². The molecule has 6 nitrogen and oxygen atoms in total. The van der Waals surface area contributed by atoms with Gasteiger partial charge in [-0.1, -0.05) is 0 Å². The molecular weight excluding hydrogens is 204 g/mol. The van der Waals surface area contributed by atoms with Crippen molar-refractivity contribution in [2.24, 2.45) is 0 Å². The molecule has 2 aromatic rings. The van der Waals surface area contributed by atoms with Crippen molar-refractivity contribution in [2.45, 2.75) is 13.8 Å². The van der Waals surface area contributed by atoms with Crippen LogP contribution < -0.4 is 5.73 Å². The first-order valence-corrected chi connectivity index (χ1v) is 4.69. The van der Waals surface area contributed by atoms with Crippen LogP contribution in [0.3, 0.4) is 0 Å². The van der Waals surface area contributed by atoms with Crippen LogP contribution >= 0.6 is 0 Å². The lowest BCUT2D eigenvalue weighted by Gasteiger charge is -2.01. The molecule has 2 N–H and O–H groups in total. The van der Waals surface area contributed by atoms with E-state index in [9.17, 15) is 0 Å². The zero-order valence-electron chi connectivity index (χ0n) is 8.97. The smallest absolute Gasteiger partial charge is 0.178 e. The first-order chi connectivity index (χ1) is 7.63. The molecule has 0 saturated carbocycles. The Morgan fingerprint density at radius 2 is 2.06 bits per heavy atom. The summed E-state index contributed by atoms with van der Waals surface area (Å²) in [6.45, 7) is 3.57. The van der Waals surface area contributed by atoms with E-state index in [2.05, 4.69) is 15.3 Å². The fraction of sp³-hybridized carbons (Fsp3) is 0.200. The lowest BCUT2D eigenvalue weighted by atomic mass is 10.3. The lowest BCUT2D eigenvalue weighted by Crippen LogP contribution is -2.05. The quantitative estimate of drug-likeness (QED) is 0.755. The highest BCUT2D eigenvalue weighted by Crippen LogP contribution is 2.17. The largest absolute Gasteiger partial charge is 0.382 e. The van der Waals surface area contributed by atoms with E-state index in [0.29, 0.717) is 17.1 Å². The molecule has 0 radical (unpaired) electrons. The average molecular weight is 214 g/mol. The Morgan fingerprint density at radius 1 is 1.31 bits per heavy atom. The molecule has 0 aromatic carbocycles. The van der Waals surface area contributed by atoms with Crippen LogP contribution in [0.1, 0.15) is 17.0 Å². The van der Waals surface area contributed by atoms with Gasteiger partial charge in [-0.2, -0.15) is 20.1 Å². The summed E-state index contributed by atoms with van der Waals surface area (Å²) in [4.78, 5) is 0. The minimum Gasteiger partial charge on any atom is -0.382 e. The van der Waals surface area contributed by atoms with Crippen LogP contribution in [0, 0.1) is 25.2 Å². The van der Waals surface area contributed by atoms with Gasteiger partial charge in [-0.05, 0) is 26.0 Å². The minimum atomic E-state index is 0.290. The zero-order valence-corrected chi connectivity index (χ0v) is 8.97. The molecule has 80 valence electrons. The third-order valence-corrected chi connectivity index (χ3v) is 2.21. The predicted octanol–water partition coefficient (Wildman–Crippen LogP) is 0.733. The third kappa shape index (κ3) is 1.48. The van der Waals surface area contributed by atoms with Crippen molar-refractivity contribution in [2.75, 3.05) is 5.73 Å². The van der Waals surface area contributed by atoms with Gasteiger partial charge in [-0.15, -0.1) is 5.10 Å². The minimum absolute atomic E-state index is 0.290. The van der Waals surface area contributed by atoms with E-state index in [4.69, 9.17) is 11.0 Å². The van der Waals surface area contributed by atoms with E-state index < -0.39 is 0 Å². The van der Waals surface area contributed by atoms with Crippen molar-refractivity contribution in [1.29, 1.82) is 5.26 Å². The van der Waals surface area contributed by atoms with Crippen molar-refractivity contribution >= 4 is 5.82 Å². The molecular formula is C10H10N6. The predicted molar refractivity (Wildman–Crippen MR) is 57.8 cm³/mol. The molecule has 0 unspecified atom stereocenters. The molecule has 0 aliphatic heterocycles. The Balaban J connectivity index is 2.58. The number of nitriles is 1. The molecule has 2 heterocycles. The zero-order chi connectivity index (χ0) is 11.7. The van der Waals surface area contributed by atoms with Gasteiger partial charge in [0.25, 0.3) is 0 Å². The summed E-state index contributed by atoms with van der Waals surface area (Å²) in [5, 5.41) is 20.9. The molecule has 16 heavy (non-hydrogen) atoms. The van der Waals surface area contributed by atoms with Crippen LogP contribution in [0.25, 0.3) is 5.82 Å². The number of aryl methyl sites for hydroxylation is 2. The first kappa shape index (κ1) is 10.1. The molecule has 0 aliphatic carbocycles. The van der Waals surface area contributed by atoms with Gasteiger partial charge in [0.1, 0.15) is 17.5 Å². The van der Waals surface area contributed by atoms with E-state index in [1.807, 2.05) is 19.1 Å². The van der Waals surface area contributed by atoms with Gasteiger partial charge in [0.15, 0.2) is 5.82 Å². The normalized spacial score (nSPS) is 10.1. The second-order valence-corrected chi connectivity index (χ2v) is 3.40. The van der Waals surface area contributed by atoms with E-state index in [-0.39, 0.29) is 5.82 Å². The van der Waals surface area contributed by atoms with Crippen LogP contribution in [0.4, 0.5) is 5.82 Å². The van der Waals surface area contributed by atoms with Gasteiger partial charge in [-0.25, -0.2) is 0 Å². The van der Waals surface area contributed by atoms with Crippen LogP contribution in [0.5, 0.6) is 0 Å². The molecule has 0 spiro atoms. The summed E-state index contributed by atoms with van der Waals surface area (Å²) in [6.07, 6.45) is 0. The molecule has 0 amide bonds. The number of hydrogen-bond acceptors (Lipinski definition) is 5. The van der Waals surface area contributed by atoms with E-state index in [1.54, 1.807) is 13.0 Å². The van der Waals surface area contributed by atoms with Crippen molar-refractivity contribution in [3.8, 4) is 11.9 Å². The van der Waals surface area contributed by atoms with Crippen molar-refractivity contribution in [1.82, 2.24) is 20.0 Å². The van der Waals surface area contributed by atoms with Crippen LogP contribution in [0.2, 0.25) is 0 Å². The highest BCUT2D eigenvalue weighted by Gasteiger charge is 2.13. The highest BCUT2D eigenvalue weighted by molar-refractivity contribution is 5.54. The van der Waals surface area contributed by atoms with Crippen molar-refractivity contribution < 1.29 is 0 Å².